The number of hydrogen-bond acceptors (Lipinski definition) is 4. The standard InChI is InChI=1S/C12H13NO3S2/c1-8-4-3-5-10(14)12(8)13-18(15,16)11-7-6-9(2)17-11/h3-7,13-14H,1-2H3. The molecule has 1 heterocycles. The number of hydrogen-bond donors (Lipinski definition) is 2. The van der Waals surface area contributed by atoms with Crippen LogP contribution in [0.3, 0.4) is 0 Å². The third-order valence-electron chi connectivity index (χ3n) is 2.47. The molecule has 2 aromatic rings. The van der Waals surface area contributed by atoms with Crippen molar-refractivity contribution in [1.82, 2.24) is 0 Å². The first kappa shape index (κ1) is 12.9. The van der Waals surface area contributed by atoms with E-state index < -0.39 is 10.0 Å². The van der Waals surface area contributed by atoms with Crippen LogP contribution < -0.4 is 4.72 Å². The number of rotatable bonds is 3. The second kappa shape index (κ2) is 4.62. The Morgan fingerprint density at radius 3 is 2.44 bits per heavy atom. The molecule has 2 N–H and O–H groups in total. The molecule has 0 spiro atoms. The molecule has 0 saturated heterocycles. The number of nitrogens with one attached hydrogen (secondary N) is 1. The first-order valence-electron chi connectivity index (χ1n) is 5.28. The lowest BCUT2D eigenvalue weighted by molar-refractivity contribution is 0.477. The van der Waals surface area contributed by atoms with Gasteiger partial charge in [-0.15, -0.1) is 11.3 Å². The molecule has 0 amide bonds. The number of phenols is 1. The highest BCUT2D eigenvalue weighted by molar-refractivity contribution is 7.94. The molecule has 1 aromatic heterocycles. The fourth-order valence-electron chi connectivity index (χ4n) is 1.53. The van der Waals surface area contributed by atoms with Gasteiger partial charge in [-0.1, -0.05) is 12.1 Å². The van der Waals surface area contributed by atoms with E-state index in [2.05, 4.69) is 4.72 Å². The molecule has 96 valence electrons. The fraction of sp³-hybridized carbons (Fsp3) is 0.167. The molecule has 0 aliphatic heterocycles. The van der Waals surface area contributed by atoms with Crippen LogP contribution in [0.25, 0.3) is 0 Å². The first-order valence-corrected chi connectivity index (χ1v) is 7.58. The monoisotopic (exact) mass is 283 g/mol. The highest BCUT2D eigenvalue weighted by Crippen LogP contribution is 2.30. The number of phenolic OH excluding ortho intramolecular Hbond substituents is 1. The van der Waals surface area contributed by atoms with Gasteiger partial charge in [0.05, 0.1) is 5.69 Å². The van der Waals surface area contributed by atoms with Gasteiger partial charge in [0.15, 0.2) is 0 Å². The average Bonchev–Trinajstić information content (AvgIpc) is 2.71. The van der Waals surface area contributed by atoms with E-state index in [-0.39, 0.29) is 15.6 Å². The summed E-state index contributed by atoms with van der Waals surface area (Å²) in [7, 11) is -3.63. The van der Waals surface area contributed by atoms with Crippen LogP contribution in [0.5, 0.6) is 5.75 Å². The van der Waals surface area contributed by atoms with Crippen LogP contribution in [-0.4, -0.2) is 13.5 Å². The molecule has 0 bridgehead atoms. The van der Waals surface area contributed by atoms with Gasteiger partial charge in [-0.3, -0.25) is 4.72 Å². The molecule has 6 heteroatoms. The molecule has 0 aliphatic carbocycles. The normalized spacial score (nSPS) is 11.4. The Kier molecular flexibility index (Phi) is 3.32. The SMILES string of the molecule is Cc1ccc(S(=O)(=O)Nc2c(C)cccc2O)s1. The van der Waals surface area contributed by atoms with Crippen molar-refractivity contribution in [3.8, 4) is 5.75 Å². The van der Waals surface area contributed by atoms with E-state index in [1.165, 1.54) is 17.4 Å². The Bertz CT molecular complexity index is 654. The van der Waals surface area contributed by atoms with Crippen LogP contribution in [0.2, 0.25) is 0 Å². The summed E-state index contributed by atoms with van der Waals surface area (Å²) in [4.78, 5) is 0.921. The zero-order chi connectivity index (χ0) is 13.3. The van der Waals surface area contributed by atoms with Crippen molar-refractivity contribution in [3.05, 3.63) is 40.8 Å². The van der Waals surface area contributed by atoms with Crippen LogP contribution in [-0.2, 0) is 10.0 Å². The zero-order valence-corrected chi connectivity index (χ0v) is 11.6. The van der Waals surface area contributed by atoms with Gasteiger partial charge in [-0.2, -0.15) is 0 Å². The molecular formula is C12H13NO3S2. The predicted molar refractivity (Wildman–Crippen MR) is 72.7 cm³/mol. The Morgan fingerprint density at radius 2 is 1.89 bits per heavy atom. The number of aryl methyl sites for hydroxylation is 2. The predicted octanol–water partition coefficient (Wildman–Crippen LogP) is 2.87. The number of thiophene rings is 1. The van der Waals surface area contributed by atoms with E-state index in [9.17, 15) is 13.5 Å². The summed E-state index contributed by atoms with van der Waals surface area (Å²) in [5.41, 5.74) is 0.899. The summed E-state index contributed by atoms with van der Waals surface area (Å²) >= 11 is 1.19. The van der Waals surface area contributed by atoms with Gasteiger partial charge in [-0.25, -0.2) is 8.42 Å². The zero-order valence-electron chi connectivity index (χ0n) is 9.97. The minimum absolute atomic E-state index is 0.0770. The van der Waals surface area contributed by atoms with Crippen LogP contribution in [0.1, 0.15) is 10.4 Å². The third kappa shape index (κ3) is 2.49. The van der Waals surface area contributed by atoms with E-state index >= 15 is 0 Å². The maximum absolute atomic E-state index is 12.1. The van der Waals surface area contributed by atoms with E-state index in [1.807, 2.05) is 6.92 Å². The molecule has 0 saturated carbocycles. The van der Waals surface area contributed by atoms with Gasteiger partial charge in [0, 0.05) is 4.88 Å². The quantitative estimate of drug-likeness (QED) is 0.851. The van der Waals surface area contributed by atoms with Crippen LogP contribution in [0.15, 0.2) is 34.5 Å². The second-order valence-electron chi connectivity index (χ2n) is 3.94. The van der Waals surface area contributed by atoms with Crippen molar-refractivity contribution in [2.75, 3.05) is 4.72 Å². The van der Waals surface area contributed by atoms with Crippen molar-refractivity contribution < 1.29 is 13.5 Å². The Morgan fingerprint density at radius 1 is 1.17 bits per heavy atom. The smallest absolute Gasteiger partial charge is 0.271 e. The van der Waals surface area contributed by atoms with Crippen molar-refractivity contribution >= 4 is 27.0 Å². The average molecular weight is 283 g/mol. The number of benzene rings is 1. The Balaban J connectivity index is 2.40. The topological polar surface area (TPSA) is 66.4 Å². The second-order valence-corrected chi connectivity index (χ2v) is 7.14. The Labute approximate surface area is 110 Å². The molecule has 0 radical (unpaired) electrons. The maximum Gasteiger partial charge on any atom is 0.271 e. The van der Waals surface area contributed by atoms with Crippen molar-refractivity contribution in [2.24, 2.45) is 0 Å². The molecule has 18 heavy (non-hydrogen) atoms. The highest BCUT2D eigenvalue weighted by atomic mass is 32.2. The lowest BCUT2D eigenvalue weighted by Crippen LogP contribution is -2.12. The number of para-hydroxylation sites is 1. The van der Waals surface area contributed by atoms with E-state index in [1.54, 1.807) is 31.2 Å². The largest absolute Gasteiger partial charge is 0.506 e. The van der Waals surface area contributed by atoms with Crippen molar-refractivity contribution in [1.29, 1.82) is 0 Å². The van der Waals surface area contributed by atoms with Gasteiger partial charge >= 0.3 is 0 Å². The summed E-state index contributed by atoms with van der Waals surface area (Å²) in [6.07, 6.45) is 0. The van der Waals surface area contributed by atoms with Gasteiger partial charge in [0.1, 0.15) is 9.96 Å². The number of aromatic hydroxyl groups is 1. The molecule has 0 unspecified atom stereocenters. The fourth-order valence-corrected chi connectivity index (χ4v) is 3.96. The van der Waals surface area contributed by atoms with Crippen LogP contribution in [0.4, 0.5) is 5.69 Å². The number of anilines is 1. The molecule has 1 aromatic carbocycles. The molecule has 0 atom stereocenters. The lowest BCUT2D eigenvalue weighted by atomic mass is 10.2. The van der Waals surface area contributed by atoms with Gasteiger partial charge in [-0.05, 0) is 37.6 Å². The summed E-state index contributed by atoms with van der Waals surface area (Å²) in [5.74, 6) is -0.0770. The van der Waals surface area contributed by atoms with Crippen molar-refractivity contribution in [2.45, 2.75) is 18.1 Å². The van der Waals surface area contributed by atoms with Crippen LogP contribution in [0, 0.1) is 13.8 Å². The summed E-state index contributed by atoms with van der Waals surface area (Å²) < 4.78 is 26.9. The van der Waals surface area contributed by atoms with Gasteiger partial charge in [0.25, 0.3) is 10.0 Å². The molecular weight excluding hydrogens is 270 g/mol. The van der Waals surface area contributed by atoms with Gasteiger partial charge in [0.2, 0.25) is 0 Å². The van der Waals surface area contributed by atoms with Gasteiger partial charge < -0.3 is 5.11 Å². The first-order chi connectivity index (χ1) is 8.40. The molecule has 4 nitrogen and oxygen atoms in total. The molecule has 0 fully saturated rings. The third-order valence-corrected chi connectivity index (χ3v) is 5.31. The van der Waals surface area contributed by atoms with Crippen LogP contribution >= 0.6 is 11.3 Å². The maximum atomic E-state index is 12.1. The van der Waals surface area contributed by atoms with Crippen molar-refractivity contribution in [3.63, 3.8) is 0 Å². The summed E-state index contributed by atoms with van der Waals surface area (Å²) in [6.45, 7) is 3.58. The highest BCUT2D eigenvalue weighted by Gasteiger charge is 2.18. The van der Waals surface area contributed by atoms with E-state index in [0.717, 1.165) is 4.88 Å². The number of sulfonamides is 1. The summed E-state index contributed by atoms with van der Waals surface area (Å²) in [6, 6.07) is 8.15. The van der Waals surface area contributed by atoms with E-state index in [4.69, 9.17) is 0 Å². The lowest BCUT2D eigenvalue weighted by Gasteiger charge is -2.10. The summed E-state index contributed by atoms with van der Waals surface area (Å²) in [5, 5.41) is 9.68. The van der Waals surface area contributed by atoms with E-state index in [0.29, 0.717) is 5.56 Å². The molecule has 2 rings (SSSR count). The molecule has 0 aliphatic rings. The minimum Gasteiger partial charge on any atom is -0.506 e. The minimum atomic E-state index is -3.63. The Hall–Kier alpha value is -1.53.